The zero-order chi connectivity index (χ0) is 14.6. The van der Waals surface area contributed by atoms with Gasteiger partial charge in [0.25, 0.3) is 0 Å². The Morgan fingerprint density at radius 1 is 1.32 bits per heavy atom. The first kappa shape index (κ1) is 16.7. The van der Waals surface area contributed by atoms with Gasteiger partial charge >= 0.3 is 0 Å². The molecular weight excluding hydrogens is 309 g/mol. The molecule has 1 aromatic rings. The highest BCUT2D eigenvalue weighted by Crippen LogP contribution is 2.22. The fourth-order valence-electron chi connectivity index (χ4n) is 1.34. The molecule has 0 spiro atoms. The molecule has 0 amide bonds. The summed E-state index contributed by atoms with van der Waals surface area (Å²) in [6.07, 6.45) is -0.713. The van der Waals surface area contributed by atoms with Gasteiger partial charge in [0, 0.05) is 16.6 Å². The molecule has 1 unspecified atom stereocenters. The van der Waals surface area contributed by atoms with Crippen LogP contribution < -0.4 is 4.72 Å². The molecule has 2 N–H and O–H groups in total. The van der Waals surface area contributed by atoms with Crippen molar-refractivity contribution in [1.29, 1.82) is 0 Å². The molecule has 0 bridgehead atoms. The van der Waals surface area contributed by atoms with Crippen molar-refractivity contribution >= 4 is 33.2 Å². The first-order chi connectivity index (χ1) is 8.71. The molecule has 19 heavy (non-hydrogen) atoms. The van der Waals surface area contributed by atoms with Gasteiger partial charge in [0.1, 0.15) is 0 Å². The van der Waals surface area contributed by atoms with E-state index in [1.165, 1.54) is 6.07 Å². The van der Waals surface area contributed by atoms with Crippen LogP contribution in [0.2, 0.25) is 10.0 Å². The summed E-state index contributed by atoms with van der Waals surface area (Å²) in [5.41, 5.74) is 0.470. The van der Waals surface area contributed by atoms with Gasteiger partial charge in [0.15, 0.2) is 0 Å². The number of rotatable bonds is 6. The van der Waals surface area contributed by atoms with E-state index in [0.29, 0.717) is 15.6 Å². The van der Waals surface area contributed by atoms with E-state index >= 15 is 0 Å². The number of benzene rings is 1. The Bertz CT molecular complexity index is 532. The smallest absolute Gasteiger partial charge is 0.215 e. The van der Waals surface area contributed by atoms with Crippen molar-refractivity contribution in [2.45, 2.75) is 25.7 Å². The summed E-state index contributed by atoms with van der Waals surface area (Å²) < 4.78 is 26.1. The van der Waals surface area contributed by atoms with Gasteiger partial charge in [-0.2, -0.15) is 0 Å². The number of nitrogens with one attached hydrogen (secondary N) is 1. The molecule has 0 heterocycles. The number of hydrogen-bond donors (Lipinski definition) is 2. The van der Waals surface area contributed by atoms with Gasteiger partial charge < -0.3 is 5.11 Å². The monoisotopic (exact) mass is 325 g/mol. The van der Waals surface area contributed by atoms with E-state index in [9.17, 15) is 13.5 Å². The average molecular weight is 326 g/mol. The van der Waals surface area contributed by atoms with Crippen molar-refractivity contribution in [1.82, 2.24) is 4.72 Å². The minimum absolute atomic E-state index is 0.00872. The fourth-order valence-corrected chi connectivity index (χ4v) is 3.08. The van der Waals surface area contributed by atoms with E-state index in [1.807, 2.05) is 13.8 Å². The number of hydrogen-bond acceptors (Lipinski definition) is 3. The van der Waals surface area contributed by atoms with E-state index in [-0.39, 0.29) is 18.2 Å². The van der Waals surface area contributed by atoms with Crippen molar-refractivity contribution in [3.63, 3.8) is 0 Å². The third kappa shape index (κ3) is 5.67. The van der Waals surface area contributed by atoms with Crippen molar-refractivity contribution in [2.24, 2.45) is 5.92 Å². The Balaban J connectivity index is 2.69. The molecule has 0 aromatic heterocycles. The largest absolute Gasteiger partial charge is 0.391 e. The summed E-state index contributed by atoms with van der Waals surface area (Å²) in [6.45, 7) is 3.62. The first-order valence-electron chi connectivity index (χ1n) is 5.80. The Morgan fingerprint density at radius 3 is 2.47 bits per heavy atom. The minimum Gasteiger partial charge on any atom is -0.391 e. The van der Waals surface area contributed by atoms with Gasteiger partial charge in [0.05, 0.1) is 11.9 Å². The van der Waals surface area contributed by atoms with Gasteiger partial charge in [-0.05, 0) is 23.6 Å². The molecule has 4 nitrogen and oxygen atoms in total. The van der Waals surface area contributed by atoms with Crippen molar-refractivity contribution in [2.75, 3.05) is 6.54 Å². The Kier molecular flexibility index (Phi) is 6.08. The predicted molar refractivity (Wildman–Crippen MR) is 77.9 cm³/mol. The van der Waals surface area contributed by atoms with Crippen LogP contribution in [0.25, 0.3) is 0 Å². The molecule has 0 saturated heterocycles. The van der Waals surface area contributed by atoms with Crippen molar-refractivity contribution < 1.29 is 13.5 Å². The molecule has 0 aliphatic rings. The lowest BCUT2D eigenvalue weighted by atomic mass is 10.1. The number of aliphatic hydroxyl groups excluding tert-OH is 1. The van der Waals surface area contributed by atoms with Gasteiger partial charge in [-0.15, -0.1) is 0 Å². The first-order valence-corrected chi connectivity index (χ1v) is 8.21. The van der Waals surface area contributed by atoms with Crippen LogP contribution in [0.3, 0.4) is 0 Å². The van der Waals surface area contributed by atoms with E-state index in [2.05, 4.69) is 4.72 Å². The van der Waals surface area contributed by atoms with Gasteiger partial charge in [-0.3, -0.25) is 0 Å². The molecule has 1 aromatic carbocycles. The summed E-state index contributed by atoms with van der Waals surface area (Å²) in [6, 6.07) is 4.65. The van der Waals surface area contributed by atoms with Crippen LogP contribution in [0.1, 0.15) is 19.4 Å². The zero-order valence-corrected chi connectivity index (χ0v) is 13.1. The molecule has 0 aliphatic heterocycles. The maximum absolute atomic E-state index is 11.9. The summed E-state index contributed by atoms with van der Waals surface area (Å²) in [7, 11) is -3.54. The highest BCUT2D eigenvalue weighted by Gasteiger charge is 2.17. The normalized spacial score (nSPS) is 13.8. The summed E-state index contributed by atoms with van der Waals surface area (Å²) in [4.78, 5) is 0. The molecule has 0 radical (unpaired) electrons. The molecule has 1 atom stereocenters. The zero-order valence-electron chi connectivity index (χ0n) is 10.7. The van der Waals surface area contributed by atoms with Crippen LogP contribution in [0.4, 0.5) is 0 Å². The number of sulfonamides is 1. The van der Waals surface area contributed by atoms with Crippen LogP contribution in [0.5, 0.6) is 0 Å². The third-order valence-electron chi connectivity index (χ3n) is 2.64. The Morgan fingerprint density at radius 2 is 1.95 bits per heavy atom. The van der Waals surface area contributed by atoms with Crippen LogP contribution in [0.15, 0.2) is 18.2 Å². The maximum atomic E-state index is 11.9. The van der Waals surface area contributed by atoms with Crippen molar-refractivity contribution in [3.8, 4) is 0 Å². The molecule has 1 rings (SSSR count). The lowest BCUT2D eigenvalue weighted by Crippen LogP contribution is -2.35. The lowest BCUT2D eigenvalue weighted by Gasteiger charge is -2.15. The lowest BCUT2D eigenvalue weighted by molar-refractivity contribution is 0.129. The number of aliphatic hydroxyl groups is 1. The average Bonchev–Trinajstić information content (AvgIpc) is 2.29. The van der Waals surface area contributed by atoms with E-state index in [0.717, 1.165) is 0 Å². The van der Waals surface area contributed by atoms with E-state index < -0.39 is 16.1 Å². The third-order valence-corrected chi connectivity index (χ3v) is 4.53. The maximum Gasteiger partial charge on any atom is 0.215 e. The van der Waals surface area contributed by atoms with Crippen LogP contribution in [-0.4, -0.2) is 26.2 Å². The molecule has 108 valence electrons. The Hall–Kier alpha value is -0.330. The highest BCUT2D eigenvalue weighted by molar-refractivity contribution is 7.88. The second kappa shape index (κ2) is 6.90. The van der Waals surface area contributed by atoms with Crippen LogP contribution in [-0.2, 0) is 15.8 Å². The van der Waals surface area contributed by atoms with Crippen LogP contribution >= 0.6 is 23.2 Å². The second-order valence-corrected chi connectivity index (χ2v) is 7.31. The SMILES string of the molecule is CC(C)C(O)CNS(=O)(=O)Cc1ccc(Cl)cc1Cl. The summed E-state index contributed by atoms with van der Waals surface area (Å²) in [5, 5.41) is 10.3. The molecule has 7 heteroatoms. The quantitative estimate of drug-likeness (QED) is 0.844. The minimum atomic E-state index is -3.54. The van der Waals surface area contributed by atoms with E-state index in [4.69, 9.17) is 23.2 Å². The standard InChI is InChI=1S/C12H17Cl2NO3S/c1-8(2)12(16)6-15-19(17,18)7-9-3-4-10(13)5-11(9)14/h3-5,8,12,15-16H,6-7H2,1-2H3. The topological polar surface area (TPSA) is 66.4 Å². The van der Waals surface area contributed by atoms with Gasteiger partial charge in [-0.25, -0.2) is 13.1 Å². The fraction of sp³-hybridized carbons (Fsp3) is 0.500. The molecule has 0 aliphatic carbocycles. The molecular formula is C12H17Cl2NO3S. The number of halogens is 2. The summed E-state index contributed by atoms with van der Waals surface area (Å²) in [5.74, 6) is -0.254. The molecule has 0 saturated carbocycles. The Labute approximate surface area is 123 Å². The second-order valence-electron chi connectivity index (χ2n) is 4.65. The van der Waals surface area contributed by atoms with Gasteiger partial charge in [-0.1, -0.05) is 43.1 Å². The van der Waals surface area contributed by atoms with E-state index in [1.54, 1.807) is 12.1 Å². The van der Waals surface area contributed by atoms with Gasteiger partial charge in [0.2, 0.25) is 10.0 Å². The molecule has 0 fully saturated rings. The highest BCUT2D eigenvalue weighted by atomic mass is 35.5. The summed E-state index contributed by atoms with van der Waals surface area (Å²) >= 11 is 11.7. The predicted octanol–water partition coefficient (Wildman–Crippen LogP) is 2.43. The van der Waals surface area contributed by atoms with Crippen molar-refractivity contribution in [3.05, 3.63) is 33.8 Å². The van der Waals surface area contributed by atoms with Crippen LogP contribution in [0, 0.1) is 5.92 Å².